The second-order valence-electron chi connectivity index (χ2n) is 5.58. The van der Waals surface area contributed by atoms with Crippen LogP contribution in [0.1, 0.15) is 25.6 Å². The van der Waals surface area contributed by atoms with E-state index in [0.29, 0.717) is 18.3 Å². The van der Waals surface area contributed by atoms with Crippen molar-refractivity contribution >= 4 is 11.9 Å². The molecular weight excluding hydrogens is 244 g/mol. The fourth-order valence-corrected chi connectivity index (χ4v) is 2.09. The number of nitrogen functional groups attached to an aromatic ring is 1. The molecule has 2 heterocycles. The smallest absolute Gasteiger partial charge is 0.229 e. The van der Waals surface area contributed by atoms with Crippen molar-refractivity contribution in [3.63, 3.8) is 0 Å². The van der Waals surface area contributed by atoms with Gasteiger partial charge in [-0.2, -0.15) is 15.0 Å². The normalized spacial score (nSPS) is 19.4. The highest BCUT2D eigenvalue weighted by molar-refractivity contribution is 5.32. The first-order valence-electron chi connectivity index (χ1n) is 6.48. The molecule has 0 amide bonds. The topological polar surface area (TPSA) is 91.4 Å². The van der Waals surface area contributed by atoms with Crippen LogP contribution in [0.3, 0.4) is 0 Å². The zero-order valence-corrected chi connectivity index (χ0v) is 11.8. The highest BCUT2D eigenvalue weighted by atomic mass is 16.3. The Labute approximate surface area is 113 Å². The van der Waals surface area contributed by atoms with Crippen molar-refractivity contribution in [1.29, 1.82) is 0 Å². The number of likely N-dealkylation sites (tertiary alicyclic amines) is 1. The molecule has 0 spiro atoms. The van der Waals surface area contributed by atoms with Crippen LogP contribution < -0.4 is 10.6 Å². The van der Waals surface area contributed by atoms with Gasteiger partial charge in [-0.25, -0.2) is 0 Å². The van der Waals surface area contributed by atoms with E-state index in [9.17, 15) is 5.11 Å². The van der Waals surface area contributed by atoms with E-state index in [-0.39, 0.29) is 5.95 Å². The molecule has 0 saturated carbocycles. The van der Waals surface area contributed by atoms with Gasteiger partial charge in [0.15, 0.2) is 0 Å². The molecule has 1 aliphatic rings. The van der Waals surface area contributed by atoms with Crippen LogP contribution in [-0.2, 0) is 6.54 Å². The fourth-order valence-electron chi connectivity index (χ4n) is 2.09. The molecule has 0 aliphatic carbocycles. The summed E-state index contributed by atoms with van der Waals surface area (Å²) in [6, 6.07) is 0. The largest absolute Gasteiger partial charge is 0.390 e. The molecule has 0 bridgehead atoms. The lowest BCUT2D eigenvalue weighted by molar-refractivity contribution is -0.00788. The number of nitrogens with two attached hydrogens (primary N) is 1. The van der Waals surface area contributed by atoms with Crippen molar-refractivity contribution in [3.8, 4) is 0 Å². The standard InChI is InChI=1S/C12H22N6O/c1-12(19)4-6-18(7-5-12)8-9-14-10(13)16-11(15-9)17(2)3/h19H,4-8H2,1-3H3,(H2,13,14,15,16). The Morgan fingerprint density at radius 1 is 1.26 bits per heavy atom. The SMILES string of the molecule is CN(C)c1nc(N)nc(CN2CCC(C)(O)CC2)n1. The number of hydrogen-bond donors (Lipinski definition) is 2. The third kappa shape index (κ3) is 3.74. The Hall–Kier alpha value is -1.47. The van der Waals surface area contributed by atoms with Gasteiger partial charge in [0.25, 0.3) is 0 Å². The van der Waals surface area contributed by atoms with Gasteiger partial charge in [0.05, 0.1) is 12.1 Å². The maximum absolute atomic E-state index is 9.92. The van der Waals surface area contributed by atoms with Gasteiger partial charge in [-0.3, -0.25) is 4.90 Å². The van der Waals surface area contributed by atoms with E-state index in [2.05, 4.69) is 19.9 Å². The van der Waals surface area contributed by atoms with E-state index < -0.39 is 5.60 Å². The predicted molar refractivity (Wildman–Crippen MR) is 73.7 cm³/mol. The molecule has 0 radical (unpaired) electrons. The molecule has 1 aromatic rings. The van der Waals surface area contributed by atoms with Gasteiger partial charge < -0.3 is 15.7 Å². The number of hydrogen-bond acceptors (Lipinski definition) is 7. The van der Waals surface area contributed by atoms with E-state index in [1.54, 1.807) is 0 Å². The minimum atomic E-state index is -0.538. The first-order valence-corrected chi connectivity index (χ1v) is 6.48. The van der Waals surface area contributed by atoms with Crippen LogP contribution in [0.15, 0.2) is 0 Å². The maximum Gasteiger partial charge on any atom is 0.229 e. The van der Waals surface area contributed by atoms with E-state index in [1.807, 2.05) is 25.9 Å². The summed E-state index contributed by atoms with van der Waals surface area (Å²) in [5.74, 6) is 1.50. The molecule has 3 N–H and O–H groups in total. The summed E-state index contributed by atoms with van der Waals surface area (Å²) >= 11 is 0. The third-order valence-corrected chi connectivity index (χ3v) is 3.39. The Kier molecular flexibility index (Phi) is 3.86. The molecule has 19 heavy (non-hydrogen) atoms. The van der Waals surface area contributed by atoms with Crippen LogP contribution in [0.4, 0.5) is 11.9 Å². The Balaban J connectivity index is 2.03. The van der Waals surface area contributed by atoms with E-state index in [1.165, 1.54) is 0 Å². The highest BCUT2D eigenvalue weighted by Crippen LogP contribution is 2.22. The molecule has 0 unspecified atom stereocenters. The molecule has 1 aromatic heterocycles. The lowest BCUT2D eigenvalue weighted by Gasteiger charge is -2.35. The summed E-state index contributed by atoms with van der Waals surface area (Å²) in [5, 5.41) is 9.92. The Morgan fingerprint density at radius 2 is 1.89 bits per heavy atom. The van der Waals surface area contributed by atoms with Crippen LogP contribution in [-0.4, -0.2) is 57.7 Å². The molecule has 0 atom stereocenters. The lowest BCUT2D eigenvalue weighted by Crippen LogP contribution is -2.42. The van der Waals surface area contributed by atoms with Gasteiger partial charge >= 0.3 is 0 Å². The predicted octanol–water partition coefficient (Wildman–Crippen LogP) is -0.133. The van der Waals surface area contributed by atoms with Crippen molar-refractivity contribution in [2.75, 3.05) is 37.8 Å². The molecule has 0 aromatic carbocycles. The molecular formula is C12H22N6O. The van der Waals surface area contributed by atoms with Crippen molar-refractivity contribution in [2.45, 2.75) is 31.9 Å². The quantitative estimate of drug-likeness (QED) is 0.787. The van der Waals surface area contributed by atoms with Crippen molar-refractivity contribution in [3.05, 3.63) is 5.82 Å². The van der Waals surface area contributed by atoms with Gasteiger partial charge in [0.1, 0.15) is 5.82 Å². The molecule has 1 saturated heterocycles. The average Bonchev–Trinajstić information content (AvgIpc) is 2.31. The van der Waals surface area contributed by atoms with Gasteiger partial charge in [0, 0.05) is 27.2 Å². The molecule has 2 rings (SSSR count). The van der Waals surface area contributed by atoms with Crippen LogP contribution in [0.25, 0.3) is 0 Å². The number of aromatic nitrogens is 3. The van der Waals surface area contributed by atoms with Crippen molar-refractivity contribution in [1.82, 2.24) is 19.9 Å². The Bertz CT molecular complexity index is 438. The van der Waals surface area contributed by atoms with Crippen LogP contribution in [0, 0.1) is 0 Å². The average molecular weight is 266 g/mol. The van der Waals surface area contributed by atoms with E-state index in [4.69, 9.17) is 5.73 Å². The summed E-state index contributed by atoms with van der Waals surface area (Å²) < 4.78 is 0. The van der Waals surface area contributed by atoms with Gasteiger partial charge in [-0.15, -0.1) is 0 Å². The molecule has 1 aliphatic heterocycles. The zero-order valence-electron chi connectivity index (χ0n) is 11.8. The Morgan fingerprint density at radius 3 is 2.47 bits per heavy atom. The summed E-state index contributed by atoms with van der Waals surface area (Å²) in [4.78, 5) is 16.7. The second kappa shape index (κ2) is 5.26. The molecule has 1 fully saturated rings. The van der Waals surface area contributed by atoms with Crippen molar-refractivity contribution in [2.24, 2.45) is 0 Å². The highest BCUT2D eigenvalue weighted by Gasteiger charge is 2.27. The number of rotatable bonds is 3. The van der Waals surface area contributed by atoms with Gasteiger partial charge in [-0.1, -0.05) is 0 Å². The fraction of sp³-hybridized carbons (Fsp3) is 0.750. The van der Waals surface area contributed by atoms with Crippen LogP contribution in [0.5, 0.6) is 0 Å². The van der Waals surface area contributed by atoms with Gasteiger partial charge in [0.2, 0.25) is 11.9 Å². The molecule has 7 heteroatoms. The minimum Gasteiger partial charge on any atom is -0.390 e. The number of nitrogens with zero attached hydrogens (tertiary/aromatic N) is 5. The lowest BCUT2D eigenvalue weighted by atomic mass is 9.94. The summed E-state index contributed by atoms with van der Waals surface area (Å²) in [6.45, 7) is 4.21. The summed E-state index contributed by atoms with van der Waals surface area (Å²) in [5.41, 5.74) is 5.16. The number of anilines is 2. The zero-order chi connectivity index (χ0) is 14.0. The van der Waals surface area contributed by atoms with E-state index >= 15 is 0 Å². The van der Waals surface area contributed by atoms with Crippen molar-refractivity contribution < 1.29 is 5.11 Å². The van der Waals surface area contributed by atoms with E-state index in [0.717, 1.165) is 25.9 Å². The van der Waals surface area contributed by atoms with Crippen LogP contribution >= 0.6 is 0 Å². The number of aliphatic hydroxyl groups is 1. The first kappa shape index (κ1) is 14.0. The molecule has 7 nitrogen and oxygen atoms in total. The second-order valence-corrected chi connectivity index (χ2v) is 5.58. The maximum atomic E-state index is 9.92. The minimum absolute atomic E-state index is 0.248. The molecule has 106 valence electrons. The summed E-state index contributed by atoms with van der Waals surface area (Å²) in [7, 11) is 3.74. The summed E-state index contributed by atoms with van der Waals surface area (Å²) in [6.07, 6.45) is 1.54. The van der Waals surface area contributed by atoms with Crippen LogP contribution in [0.2, 0.25) is 0 Å². The monoisotopic (exact) mass is 266 g/mol. The number of piperidine rings is 1. The third-order valence-electron chi connectivity index (χ3n) is 3.39. The first-order chi connectivity index (χ1) is 8.85. The van der Waals surface area contributed by atoms with Gasteiger partial charge in [-0.05, 0) is 19.8 Å².